The maximum absolute atomic E-state index is 13.9. The van der Waals surface area contributed by atoms with E-state index in [2.05, 4.69) is 5.43 Å². The second-order valence-electron chi connectivity index (χ2n) is 5.00. The molecule has 1 atom stereocenters. The lowest BCUT2D eigenvalue weighted by molar-refractivity contribution is 0.242. The Morgan fingerprint density at radius 1 is 1.05 bits per heavy atom. The minimum atomic E-state index is -0.631. The summed E-state index contributed by atoms with van der Waals surface area (Å²) in [6.45, 7) is 3.86. The summed E-state index contributed by atoms with van der Waals surface area (Å²) in [5.41, 5.74) is 3.40. The predicted octanol–water partition coefficient (Wildman–Crippen LogP) is 3.30. The summed E-state index contributed by atoms with van der Waals surface area (Å²) in [4.78, 5) is 0. The summed E-state index contributed by atoms with van der Waals surface area (Å²) in [5, 5.41) is 0. The molecule has 0 aliphatic heterocycles. The summed E-state index contributed by atoms with van der Waals surface area (Å²) in [5.74, 6) is 5.20. The number of hydrogen-bond acceptors (Lipinski definition) is 3. The van der Waals surface area contributed by atoms with Crippen molar-refractivity contribution in [2.75, 3.05) is 0 Å². The van der Waals surface area contributed by atoms with E-state index in [0.717, 1.165) is 23.8 Å². The fourth-order valence-electron chi connectivity index (χ4n) is 2.11. The van der Waals surface area contributed by atoms with Crippen LogP contribution in [-0.4, -0.2) is 6.10 Å². The second kappa shape index (κ2) is 6.65. The van der Waals surface area contributed by atoms with Crippen LogP contribution in [0.2, 0.25) is 0 Å². The lowest BCUT2D eigenvalue weighted by Crippen LogP contribution is -2.29. The van der Waals surface area contributed by atoms with Gasteiger partial charge in [0.25, 0.3) is 0 Å². The molecular weight excluding hydrogens is 274 g/mol. The first-order chi connectivity index (χ1) is 10.0. The highest BCUT2D eigenvalue weighted by Crippen LogP contribution is 2.26. The topological polar surface area (TPSA) is 47.3 Å². The van der Waals surface area contributed by atoms with Crippen LogP contribution in [0.15, 0.2) is 42.5 Å². The fourth-order valence-corrected chi connectivity index (χ4v) is 2.11. The average Bonchev–Trinajstić information content (AvgIpc) is 2.44. The number of rotatable bonds is 5. The van der Waals surface area contributed by atoms with Crippen LogP contribution >= 0.6 is 0 Å². The molecule has 2 aromatic rings. The van der Waals surface area contributed by atoms with Crippen LogP contribution in [0.1, 0.15) is 31.0 Å². The summed E-state index contributed by atoms with van der Waals surface area (Å²) in [6, 6.07) is 9.76. The Hall–Kier alpha value is -1.98. The van der Waals surface area contributed by atoms with E-state index in [1.165, 1.54) is 0 Å². The van der Waals surface area contributed by atoms with Crippen molar-refractivity contribution >= 4 is 0 Å². The first-order valence-corrected chi connectivity index (χ1v) is 6.69. The molecular formula is C16H18F2N2O. The van der Waals surface area contributed by atoms with Crippen LogP contribution in [0.4, 0.5) is 8.78 Å². The highest BCUT2D eigenvalue weighted by Gasteiger charge is 2.17. The largest absolute Gasteiger partial charge is 0.491 e. The van der Waals surface area contributed by atoms with E-state index in [-0.39, 0.29) is 11.7 Å². The molecule has 0 fully saturated rings. The van der Waals surface area contributed by atoms with Crippen LogP contribution in [0.3, 0.4) is 0 Å². The molecule has 2 aromatic carbocycles. The molecule has 0 saturated carbocycles. The number of halogens is 2. The van der Waals surface area contributed by atoms with Gasteiger partial charge in [0.2, 0.25) is 0 Å². The molecule has 0 bridgehead atoms. The van der Waals surface area contributed by atoms with Gasteiger partial charge in [-0.05, 0) is 49.7 Å². The lowest BCUT2D eigenvalue weighted by atomic mass is 9.98. The molecule has 0 aliphatic carbocycles. The predicted molar refractivity (Wildman–Crippen MR) is 77.7 cm³/mol. The molecule has 5 heteroatoms. The molecule has 0 aromatic heterocycles. The highest BCUT2D eigenvalue weighted by atomic mass is 19.1. The summed E-state index contributed by atoms with van der Waals surface area (Å²) in [7, 11) is 0. The van der Waals surface area contributed by atoms with Gasteiger partial charge in [-0.25, -0.2) is 14.2 Å². The van der Waals surface area contributed by atoms with Gasteiger partial charge in [0.15, 0.2) is 0 Å². The van der Waals surface area contributed by atoms with Crippen molar-refractivity contribution in [1.29, 1.82) is 0 Å². The molecule has 1 unspecified atom stereocenters. The van der Waals surface area contributed by atoms with E-state index >= 15 is 0 Å². The molecule has 0 amide bonds. The first kappa shape index (κ1) is 15.4. The summed E-state index contributed by atoms with van der Waals surface area (Å²) < 4.78 is 32.7. The van der Waals surface area contributed by atoms with E-state index in [0.29, 0.717) is 5.75 Å². The van der Waals surface area contributed by atoms with Crippen LogP contribution in [-0.2, 0) is 0 Å². The molecule has 2 rings (SSSR count). The monoisotopic (exact) mass is 292 g/mol. The van der Waals surface area contributed by atoms with E-state index < -0.39 is 17.7 Å². The SMILES string of the molecule is CC(C)Oc1ccc(C(NN)c2cc(F)ccc2F)cc1. The van der Waals surface area contributed by atoms with Gasteiger partial charge in [0, 0.05) is 5.56 Å². The number of benzene rings is 2. The van der Waals surface area contributed by atoms with Crippen LogP contribution < -0.4 is 16.0 Å². The van der Waals surface area contributed by atoms with Crippen molar-refractivity contribution in [3.8, 4) is 5.75 Å². The zero-order valence-electron chi connectivity index (χ0n) is 11.9. The van der Waals surface area contributed by atoms with Crippen molar-refractivity contribution in [3.63, 3.8) is 0 Å². The van der Waals surface area contributed by atoms with Crippen molar-refractivity contribution in [3.05, 3.63) is 65.2 Å². The molecule has 3 N–H and O–H groups in total. The Morgan fingerprint density at radius 2 is 1.71 bits per heavy atom. The maximum Gasteiger partial charge on any atom is 0.128 e. The number of hydrazine groups is 1. The van der Waals surface area contributed by atoms with Crippen molar-refractivity contribution in [2.45, 2.75) is 26.0 Å². The molecule has 0 aliphatic rings. The quantitative estimate of drug-likeness (QED) is 0.656. The standard InChI is InChI=1S/C16H18F2N2O/c1-10(2)21-13-6-3-11(4-7-13)16(20-19)14-9-12(17)5-8-15(14)18/h3-10,16,20H,19H2,1-2H3. The molecule has 0 saturated heterocycles. The fraction of sp³-hybridized carbons (Fsp3) is 0.250. The zero-order chi connectivity index (χ0) is 15.4. The molecule has 0 heterocycles. The third kappa shape index (κ3) is 3.77. The number of nitrogens with two attached hydrogens (primary N) is 1. The third-order valence-electron chi connectivity index (χ3n) is 3.02. The van der Waals surface area contributed by atoms with Crippen molar-refractivity contribution in [2.24, 2.45) is 5.84 Å². The summed E-state index contributed by atoms with van der Waals surface area (Å²) in [6.07, 6.45) is 0.0694. The lowest BCUT2D eigenvalue weighted by Gasteiger charge is -2.18. The van der Waals surface area contributed by atoms with Crippen LogP contribution in [0.25, 0.3) is 0 Å². The minimum Gasteiger partial charge on any atom is -0.491 e. The highest BCUT2D eigenvalue weighted by molar-refractivity contribution is 5.36. The smallest absolute Gasteiger partial charge is 0.128 e. The van der Waals surface area contributed by atoms with Crippen LogP contribution in [0, 0.1) is 11.6 Å². The van der Waals surface area contributed by atoms with Gasteiger partial charge in [-0.2, -0.15) is 0 Å². The Balaban J connectivity index is 2.31. The van der Waals surface area contributed by atoms with E-state index in [1.54, 1.807) is 24.3 Å². The summed E-state index contributed by atoms with van der Waals surface area (Å²) >= 11 is 0. The molecule has 112 valence electrons. The van der Waals surface area contributed by atoms with E-state index in [4.69, 9.17) is 10.6 Å². The van der Waals surface area contributed by atoms with Crippen molar-refractivity contribution in [1.82, 2.24) is 5.43 Å². The van der Waals surface area contributed by atoms with Gasteiger partial charge in [-0.1, -0.05) is 12.1 Å². The maximum atomic E-state index is 13.9. The molecule has 21 heavy (non-hydrogen) atoms. The molecule has 0 radical (unpaired) electrons. The van der Waals surface area contributed by atoms with Gasteiger partial charge in [0.05, 0.1) is 12.1 Å². The Kier molecular flexibility index (Phi) is 4.88. The van der Waals surface area contributed by atoms with E-state index in [1.807, 2.05) is 13.8 Å². The normalized spacial score (nSPS) is 12.5. The number of hydrogen-bond donors (Lipinski definition) is 2. The average molecular weight is 292 g/mol. The minimum absolute atomic E-state index is 0.0694. The molecule has 3 nitrogen and oxygen atoms in total. The Morgan fingerprint density at radius 3 is 2.29 bits per heavy atom. The van der Waals surface area contributed by atoms with E-state index in [9.17, 15) is 8.78 Å². The zero-order valence-corrected chi connectivity index (χ0v) is 11.9. The Labute approximate surface area is 122 Å². The Bertz CT molecular complexity index is 600. The van der Waals surface area contributed by atoms with Gasteiger partial charge in [0.1, 0.15) is 17.4 Å². The molecule has 0 spiro atoms. The number of ether oxygens (including phenoxy) is 1. The van der Waals surface area contributed by atoms with Gasteiger partial charge >= 0.3 is 0 Å². The van der Waals surface area contributed by atoms with Gasteiger partial charge < -0.3 is 4.74 Å². The number of nitrogens with one attached hydrogen (secondary N) is 1. The first-order valence-electron chi connectivity index (χ1n) is 6.69. The second-order valence-corrected chi connectivity index (χ2v) is 5.00. The van der Waals surface area contributed by atoms with Gasteiger partial charge in [-0.3, -0.25) is 5.84 Å². The third-order valence-corrected chi connectivity index (χ3v) is 3.02. The van der Waals surface area contributed by atoms with Crippen molar-refractivity contribution < 1.29 is 13.5 Å². The van der Waals surface area contributed by atoms with Crippen LogP contribution in [0.5, 0.6) is 5.75 Å². The van der Waals surface area contributed by atoms with Gasteiger partial charge in [-0.15, -0.1) is 0 Å².